The monoisotopic (exact) mass is 356 g/mol. The van der Waals surface area contributed by atoms with E-state index in [-0.39, 0.29) is 11.9 Å². The SMILES string of the molecule is CC1(C)CC(NC(=O)CCCCC(O)/C=C/C(=O)O)CC(C)(C)N1O. The van der Waals surface area contributed by atoms with Gasteiger partial charge in [-0.15, -0.1) is 0 Å². The van der Waals surface area contributed by atoms with E-state index in [2.05, 4.69) is 5.32 Å². The first-order valence-corrected chi connectivity index (χ1v) is 8.82. The maximum absolute atomic E-state index is 12.1. The third kappa shape index (κ3) is 7.13. The van der Waals surface area contributed by atoms with Crippen molar-refractivity contribution in [1.82, 2.24) is 10.4 Å². The second kappa shape index (κ2) is 8.78. The highest BCUT2D eigenvalue weighted by Gasteiger charge is 2.45. The number of hydroxylamine groups is 2. The molecule has 0 spiro atoms. The average Bonchev–Trinajstić information content (AvgIpc) is 2.46. The first kappa shape index (κ1) is 21.6. The molecule has 1 unspecified atom stereocenters. The number of nitrogens with one attached hydrogen (secondary N) is 1. The fourth-order valence-electron chi connectivity index (χ4n) is 3.60. The molecule has 0 aliphatic carbocycles. The smallest absolute Gasteiger partial charge is 0.328 e. The first-order valence-electron chi connectivity index (χ1n) is 8.82. The number of carboxylic acids is 1. The number of hydrogen-bond donors (Lipinski definition) is 4. The second-order valence-corrected chi connectivity index (χ2v) is 8.12. The van der Waals surface area contributed by atoms with E-state index in [1.807, 2.05) is 27.7 Å². The van der Waals surface area contributed by atoms with Gasteiger partial charge in [-0.25, -0.2) is 4.79 Å². The van der Waals surface area contributed by atoms with Crippen LogP contribution in [0.15, 0.2) is 12.2 Å². The molecule has 0 aromatic rings. The summed E-state index contributed by atoms with van der Waals surface area (Å²) < 4.78 is 0. The largest absolute Gasteiger partial charge is 0.478 e. The van der Waals surface area contributed by atoms with Crippen LogP contribution in [-0.2, 0) is 9.59 Å². The minimum Gasteiger partial charge on any atom is -0.478 e. The zero-order valence-corrected chi connectivity index (χ0v) is 15.7. The molecular formula is C18H32N2O5. The number of rotatable bonds is 8. The summed E-state index contributed by atoms with van der Waals surface area (Å²) in [5.41, 5.74) is -0.805. The Hall–Kier alpha value is -1.44. The van der Waals surface area contributed by atoms with Crippen molar-refractivity contribution < 1.29 is 25.0 Å². The molecule has 0 saturated carbocycles. The van der Waals surface area contributed by atoms with Crippen molar-refractivity contribution >= 4 is 11.9 Å². The van der Waals surface area contributed by atoms with Gasteiger partial charge in [0.1, 0.15) is 0 Å². The fourth-order valence-corrected chi connectivity index (χ4v) is 3.60. The lowest BCUT2D eigenvalue weighted by molar-refractivity contribution is -0.246. The van der Waals surface area contributed by atoms with Crippen molar-refractivity contribution in [1.29, 1.82) is 0 Å². The van der Waals surface area contributed by atoms with Crippen LogP contribution >= 0.6 is 0 Å². The molecule has 0 bridgehead atoms. The minimum absolute atomic E-state index is 0.0185. The summed E-state index contributed by atoms with van der Waals surface area (Å²) in [5, 5.41) is 32.8. The number of carbonyl (C=O) groups excluding carboxylic acids is 1. The molecule has 1 aliphatic rings. The number of aliphatic hydroxyl groups excluding tert-OH is 1. The third-order valence-electron chi connectivity index (χ3n) is 4.62. The van der Waals surface area contributed by atoms with Crippen molar-refractivity contribution in [2.75, 3.05) is 0 Å². The van der Waals surface area contributed by atoms with Crippen LogP contribution in [0.1, 0.15) is 66.2 Å². The highest BCUT2D eigenvalue weighted by atomic mass is 16.5. The Bertz CT molecular complexity index is 484. The average molecular weight is 356 g/mol. The summed E-state index contributed by atoms with van der Waals surface area (Å²) in [4.78, 5) is 22.5. The Morgan fingerprint density at radius 1 is 1.20 bits per heavy atom. The molecule has 1 heterocycles. The number of amides is 1. The van der Waals surface area contributed by atoms with Gasteiger partial charge in [0.15, 0.2) is 0 Å². The standard InChI is InChI=1S/C18H32N2O5/c1-17(2)11-13(12-18(3,4)20(17)25)19-15(22)8-6-5-7-14(21)9-10-16(23)24/h9-10,13-14,21,25H,5-8,11-12H2,1-4H3,(H,19,22)(H,23,24)/b10-9+. The third-order valence-corrected chi connectivity index (χ3v) is 4.62. The van der Waals surface area contributed by atoms with E-state index in [0.717, 1.165) is 6.08 Å². The molecule has 1 aliphatic heterocycles. The van der Waals surface area contributed by atoms with Gasteiger partial charge in [0, 0.05) is 29.6 Å². The molecule has 7 nitrogen and oxygen atoms in total. The Balaban J connectivity index is 2.34. The van der Waals surface area contributed by atoms with Crippen molar-refractivity contribution in [3.05, 3.63) is 12.2 Å². The van der Waals surface area contributed by atoms with E-state index in [4.69, 9.17) is 5.11 Å². The summed E-state index contributed by atoms with van der Waals surface area (Å²) in [5.74, 6) is -1.11. The topological polar surface area (TPSA) is 110 Å². The summed E-state index contributed by atoms with van der Waals surface area (Å²) in [6.07, 6.45) is 4.81. The van der Waals surface area contributed by atoms with Crippen LogP contribution in [0.5, 0.6) is 0 Å². The van der Waals surface area contributed by atoms with Crippen molar-refractivity contribution in [2.45, 2.75) is 89.4 Å². The van der Waals surface area contributed by atoms with Crippen LogP contribution in [-0.4, -0.2) is 55.6 Å². The predicted octanol–water partition coefficient (Wildman–Crippen LogP) is 2.08. The van der Waals surface area contributed by atoms with Gasteiger partial charge < -0.3 is 20.7 Å². The van der Waals surface area contributed by atoms with Gasteiger partial charge in [-0.1, -0.05) is 6.42 Å². The lowest BCUT2D eigenvalue weighted by Crippen LogP contribution is -2.62. The number of carboxylic acid groups (broad SMARTS) is 1. The number of nitrogens with zero attached hydrogens (tertiary/aromatic N) is 1. The molecule has 7 heteroatoms. The van der Waals surface area contributed by atoms with Crippen LogP contribution in [0.25, 0.3) is 0 Å². The Morgan fingerprint density at radius 3 is 2.28 bits per heavy atom. The van der Waals surface area contributed by atoms with Gasteiger partial charge in [-0.05, 0) is 59.5 Å². The maximum Gasteiger partial charge on any atom is 0.328 e. The van der Waals surface area contributed by atoms with E-state index in [1.165, 1.54) is 11.1 Å². The number of carbonyl (C=O) groups is 2. The zero-order valence-electron chi connectivity index (χ0n) is 15.7. The van der Waals surface area contributed by atoms with E-state index in [9.17, 15) is 19.9 Å². The summed E-state index contributed by atoms with van der Waals surface area (Å²) in [6.45, 7) is 7.83. The van der Waals surface area contributed by atoms with E-state index in [0.29, 0.717) is 38.5 Å². The van der Waals surface area contributed by atoms with E-state index in [1.54, 1.807) is 0 Å². The van der Waals surface area contributed by atoms with Gasteiger partial charge in [0.2, 0.25) is 5.91 Å². The Kier molecular flexibility index (Phi) is 7.59. The van der Waals surface area contributed by atoms with Gasteiger partial charge in [0.05, 0.1) is 6.10 Å². The predicted molar refractivity (Wildman–Crippen MR) is 94.2 cm³/mol. The van der Waals surface area contributed by atoms with E-state index < -0.39 is 23.2 Å². The molecule has 1 atom stereocenters. The lowest BCUT2D eigenvalue weighted by Gasteiger charge is -2.51. The normalized spacial score (nSPS) is 22.0. The molecule has 0 aromatic heterocycles. The van der Waals surface area contributed by atoms with Crippen LogP contribution < -0.4 is 5.32 Å². The van der Waals surface area contributed by atoms with Crippen molar-refractivity contribution in [2.24, 2.45) is 0 Å². The van der Waals surface area contributed by atoms with Crippen molar-refractivity contribution in [3.8, 4) is 0 Å². The van der Waals surface area contributed by atoms with Gasteiger partial charge in [-0.3, -0.25) is 4.79 Å². The highest BCUT2D eigenvalue weighted by Crippen LogP contribution is 2.36. The molecule has 4 N–H and O–H groups in total. The Morgan fingerprint density at radius 2 is 1.76 bits per heavy atom. The van der Waals surface area contributed by atoms with Crippen molar-refractivity contribution in [3.63, 3.8) is 0 Å². The Labute approximate surface area is 149 Å². The lowest BCUT2D eigenvalue weighted by atomic mass is 9.79. The molecule has 1 amide bonds. The van der Waals surface area contributed by atoms with Crippen LogP contribution in [0.2, 0.25) is 0 Å². The van der Waals surface area contributed by atoms with Crippen LogP contribution in [0, 0.1) is 0 Å². The minimum atomic E-state index is -1.08. The molecular weight excluding hydrogens is 324 g/mol. The van der Waals surface area contributed by atoms with Crippen LogP contribution in [0.3, 0.4) is 0 Å². The molecule has 144 valence electrons. The van der Waals surface area contributed by atoms with Gasteiger partial charge in [0.25, 0.3) is 0 Å². The van der Waals surface area contributed by atoms with E-state index >= 15 is 0 Å². The maximum atomic E-state index is 12.1. The highest BCUT2D eigenvalue weighted by molar-refractivity contribution is 5.79. The summed E-state index contributed by atoms with van der Waals surface area (Å²) in [7, 11) is 0. The number of unbranched alkanes of at least 4 members (excludes halogenated alkanes) is 1. The quantitative estimate of drug-likeness (QED) is 0.391. The molecule has 1 saturated heterocycles. The number of aliphatic hydroxyl groups is 1. The number of aliphatic carboxylic acids is 1. The number of hydrogen-bond acceptors (Lipinski definition) is 5. The second-order valence-electron chi connectivity index (χ2n) is 8.12. The fraction of sp³-hybridized carbons (Fsp3) is 0.778. The molecule has 0 aromatic carbocycles. The van der Waals surface area contributed by atoms with Crippen LogP contribution in [0.4, 0.5) is 0 Å². The molecule has 0 radical (unpaired) electrons. The van der Waals surface area contributed by atoms with Gasteiger partial charge in [-0.2, -0.15) is 5.06 Å². The number of piperidine rings is 1. The van der Waals surface area contributed by atoms with Gasteiger partial charge >= 0.3 is 5.97 Å². The summed E-state index contributed by atoms with van der Waals surface area (Å²) in [6, 6.07) is 0.0185. The summed E-state index contributed by atoms with van der Waals surface area (Å²) >= 11 is 0. The molecule has 25 heavy (non-hydrogen) atoms. The molecule has 1 fully saturated rings. The first-order chi connectivity index (χ1) is 11.4. The zero-order chi connectivity index (χ0) is 19.3. The molecule has 1 rings (SSSR count).